The molecule has 2 aromatic carbocycles. The van der Waals surface area contributed by atoms with E-state index in [2.05, 4.69) is 5.48 Å². The van der Waals surface area contributed by atoms with Gasteiger partial charge in [0.2, 0.25) is 0 Å². The molecule has 1 amide bonds. The monoisotopic (exact) mass is 279 g/mol. The van der Waals surface area contributed by atoms with Gasteiger partial charge in [-0.05, 0) is 23.8 Å². The lowest BCUT2D eigenvalue weighted by Crippen LogP contribution is -2.23. The van der Waals surface area contributed by atoms with Crippen molar-refractivity contribution in [2.24, 2.45) is 0 Å². The summed E-state index contributed by atoms with van der Waals surface area (Å²) >= 11 is 5.76. The Bertz CT molecular complexity index is 575. The van der Waals surface area contributed by atoms with Gasteiger partial charge in [0, 0.05) is 0 Å². The molecule has 0 saturated carbocycles. The molecular weight excluding hydrogens is 269 g/mol. The van der Waals surface area contributed by atoms with E-state index in [4.69, 9.17) is 16.4 Å². The number of amides is 1. The van der Waals surface area contributed by atoms with Crippen molar-refractivity contribution in [3.63, 3.8) is 0 Å². The summed E-state index contributed by atoms with van der Waals surface area (Å²) in [6.45, 7) is 0.241. The van der Waals surface area contributed by atoms with Crippen LogP contribution in [-0.4, -0.2) is 5.91 Å². The molecule has 3 nitrogen and oxygen atoms in total. The Hall–Kier alpha value is -1.91. The van der Waals surface area contributed by atoms with Gasteiger partial charge in [-0.1, -0.05) is 41.9 Å². The first kappa shape index (κ1) is 13.5. The lowest BCUT2D eigenvalue weighted by molar-refractivity contribution is 0.0233. The summed E-state index contributed by atoms with van der Waals surface area (Å²) in [4.78, 5) is 16.8. The molecule has 98 valence electrons. The Balaban J connectivity index is 1.91. The number of benzene rings is 2. The number of hydrogen-bond acceptors (Lipinski definition) is 2. The summed E-state index contributed by atoms with van der Waals surface area (Å²) in [5, 5.41) is 0.0424. The van der Waals surface area contributed by atoms with Crippen LogP contribution in [0, 0.1) is 5.82 Å². The summed E-state index contributed by atoms with van der Waals surface area (Å²) < 4.78 is 12.8. The van der Waals surface area contributed by atoms with Crippen molar-refractivity contribution >= 4 is 17.5 Å². The Kier molecular flexibility index (Phi) is 4.49. The van der Waals surface area contributed by atoms with Crippen LogP contribution in [0.2, 0.25) is 5.02 Å². The standard InChI is InChI=1S/C14H11ClFNO2/c15-13-8-11(16)6-7-12(13)14(18)17-19-9-10-4-2-1-3-5-10/h1-8H,9H2,(H,17,18). The molecule has 2 aromatic rings. The fourth-order valence-electron chi connectivity index (χ4n) is 1.49. The molecule has 0 saturated heterocycles. The van der Waals surface area contributed by atoms with E-state index in [1.54, 1.807) is 0 Å². The van der Waals surface area contributed by atoms with Crippen LogP contribution in [0.1, 0.15) is 15.9 Å². The Morgan fingerprint density at radius 3 is 2.63 bits per heavy atom. The van der Waals surface area contributed by atoms with Crippen molar-refractivity contribution in [2.45, 2.75) is 6.61 Å². The van der Waals surface area contributed by atoms with Gasteiger partial charge in [-0.25, -0.2) is 9.87 Å². The predicted molar refractivity (Wildman–Crippen MR) is 70.1 cm³/mol. The van der Waals surface area contributed by atoms with Gasteiger partial charge in [0.25, 0.3) is 5.91 Å². The topological polar surface area (TPSA) is 38.3 Å². The molecular formula is C14H11ClFNO2. The molecule has 0 radical (unpaired) electrons. The first-order chi connectivity index (χ1) is 9.16. The van der Waals surface area contributed by atoms with Crippen molar-refractivity contribution in [2.75, 3.05) is 0 Å². The van der Waals surface area contributed by atoms with Gasteiger partial charge in [-0.3, -0.25) is 9.63 Å². The molecule has 0 fully saturated rings. The molecule has 0 aliphatic rings. The van der Waals surface area contributed by atoms with Crippen LogP contribution >= 0.6 is 11.6 Å². The quantitative estimate of drug-likeness (QED) is 0.872. The van der Waals surface area contributed by atoms with Gasteiger partial charge in [0.1, 0.15) is 5.82 Å². The second kappa shape index (κ2) is 6.31. The van der Waals surface area contributed by atoms with E-state index >= 15 is 0 Å². The summed E-state index contributed by atoms with van der Waals surface area (Å²) in [6.07, 6.45) is 0. The average Bonchev–Trinajstić information content (AvgIpc) is 2.39. The van der Waals surface area contributed by atoms with Gasteiger partial charge in [0.05, 0.1) is 17.2 Å². The molecule has 0 aliphatic carbocycles. The highest BCUT2D eigenvalue weighted by Crippen LogP contribution is 2.17. The van der Waals surface area contributed by atoms with Crippen molar-refractivity contribution in [1.29, 1.82) is 0 Å². The molecule has 5 heteroatoms. The highest BCUT2D eigenvalue weighted by Gasteiger charge is 2.10. The van der Waals surface area contributed by atoms with E-state index in [1.165, 1.54) is 6.07 Å². The molecule has 19 heavy (non-hydrogen) atoms. The number of halogens is 2. The molecule has 2 rings (SSSR count). The van der Waals surface area contributed by atoms with Crippen LogP contribution in [-0.2, 0) is 11.4 Å². The largest absolute Gasteiger partial charge is 0.276 e. The molecule has 1 N–H and O–H groups in total. The zero-order chi connectivity index (χ0) is 13.7. The van der Waals surface area contributed by atoms with Crippen molar-refractivity contribution in [3.8, 4) is 0 Å². The highest BCUT2D eigenvalue weighted by atomic mass is 35.5. The Labute approximate surface area is 114 Å². The van der Waals surface area contributed by atoms with Crippen molar-refractivity contribution < 1.29 is 14.0 Å². The zero-order valence-corrected chi connectivity index (χ0v) is 10.7. The normalized spacial score (nSPS) is 10.2. The van der Waals surface area contributed by atoms with Gasteiger partial charge in [-0.15, -0.1) is 0 Å². The molecule has 0 aliphatic heterocycles. The van der Waals surface area contributed by atoms with Crippen LogP contribution in [0.4, 0.5) is 4.39 Å². The van der Waals surface area contributed by atoms with Crippen molar-refractivity contribution in [3.05, 3.63) is 70.5 Å². The van der Waals surface area contributed by atoms with Crippen LogP contribution in [0.25, 0.3) is 0 Å². The third-order valence-electron chi connectivity index (χ3n) is 2.42. The molecule has 0 heterocycles. The minimum atomic E-state index is -0.513. The van der Waals surface area contributed by atoms with Gasteiger partial charge >= 0.3 is 0 Å². The predicted octanol–water partition coefficient (Wildman–Crippen LogP) is 3.34. The van der Waals surface area contributed by atoms with E-state index in [1.807, 2.05) is 30.3 Å². The fourth-order valence-corrected chi connectivity index (χ4v) is 1.74. The van der Waals surface area contributed by atoms with Gasteiger partial charge in [-0.2, -0.15) is 0 Å². The van der Waals surface area contributed by atoms with E-state index in [0.29, 0.717) is 0 Å². The SMILES string of the molecule is O=C(NOCc1ccccc1)c1ccc(F)cc1Cl. The van der Waals surface area contributed by atoms with Gasteiger partial charge in [0.15, 0.2) is 0 Å². The number of hydroxylamine groups is 1. The second-order valence-electron chi connectivity index (χ2n) is 3.83. The minimum absolute atomic E-state index is 0.0424. The molecule has 0 spiro atoms. The van der Waals surface area contributed by atoms with Crippen LogP contribution in [0.3, 0.4) is 0 Å². The third-order valence-corrected chi connectivity index (χ3v) is 2.73. The van der Waals surface area contributed by atoms with Crippen molar-refractivity contribution in [1.82, 2.24) is 5.48 Å². The highest BCUT2D eigenvalue weighted by molar-refractivity contribution is 6.33. The number of carbonyl (C=O) groups excluding carboxylic acids is 1. The van der Waals surface area contributed by atoms with Crippen LogP contribution < -0.4 is 5.48 Å². The summed E-state index contributed by atoms with van der Waals surface area (Å²) in [6, 6.07) is 12.9. The second-order valence-corrected chi connectivity index (χ2v) is 4.24. The molecule has 0 atom stereocenters. The number of rotatable bonds is 4. The van der Waals surface area contributed by atoms with Crippen LogP contribution in [0.5, 0.6) is 0 Å². The minimum Gasteiger partial charge on any atom is -0.269 e. The van der Waals surface area contributed by atoms with Crippen LogP contribution in [0.15, 0.2) is 48.5 Å². The summed E-state index contributed by atoms with van der Waals surface area (Å²) in [5.41, 5.74) is 3.35. The van der Waals surface area contributed by atoms with E-state index in [-0.39, 0.29) is 17.2 Å². The van der Waals surface area contributed by atoms with Gasteiger partial charge < -0.3 is 0 Å². The third kappa shape index (κ3) is 3.77. The summed E-state index contributed by atoms with van der Waals surface area (Å²) in [5.74, 6) is -1.01. The molecule has 0 bridgehead atoms. The first-order valence-electron chi connectivity index (χ1n) is 5.58. The average molecular weight is 280 g/mol. The van der Waals surface area contributed by atoms with E-state index in [9.17, 15) is 9.18 Å². The Morgan fingerprint density at radius 2 is 1.95 bits per heavy atom. The maximum absolute atomic E-state index is 12.8. The summed E-state index contributed by atoms with van der Waals surface area (Å²) in [7, 11) is 0. The van der Waals surface area contributed by atoms with E-state index < -0.39 is 11.7 Å². The first-order valence-corrected chi connectivity index (χ1v) is 5.96. The lowest BCUT2D eigenvalue weighted by atomic mass is 10.2. The number of carbonyl (C=O) groups is 1. The molecule has 0 aromatic heterocycles. The number of hydrogen-bond donors (Lipinski definition) is 1. The Morgan fingerprint density at radius 1 is 1.21 bits per heavy atom. The zero-order valence-electron chi connectivity index (χ0n) is 9.90. The smallest absolute Gasteiger partial charge is 0.269 e. The lowest BCUT2D eigenvalue weighted by Gasteiger charge is -2.07. The maximum Gasteiger partial charge on any atom is 0.276 e. The number of nitrogens with one attached hydrogen (secondary N) is 1. The maximum atomic E-state index is 12.8. The molecule has 0 unspecified atom stereocenters. The van der Waals surface area contributed by atoms with E-state index in [0.717, 1.165) is 17.7 Å². The fraction of sp³-hybridized carbons (Fsp3) is 0.0714.